The molecule has 0 saturated heterocycles. The van der Waals surface area contributed by atoms with Crippen molar-refractivity contribution in [2.24, 2.45) is 5.92 Å². The SMILES string of the molecule is CCN(CC)CCNC(=O)c1ccc(NC(=S)NC(=O)c2ccc(OCCC(C)C)cc2)cc1. The van der Waals surface area contributed by atoms with E-state index in [1.807, 2.05) is 0 Å². The highest BCUT2D eigenvalue weighted by molar-refractivity contribution is 7.80. The van der Waals surface area contributed by atoms with Crippen LogP contribution in [0.2, 0.25) is 0 Å². The maximum Gasteiger partial charge on any atom is 0.257 e. The van der Waals surface area contributed by atoms with Gasteiger partial charge in [0, 0.05) is 29.9 Å². The predicted octanol–water partition coefficient (Wildman–Crippen LogP) is 4.31. The normalized spacial score (nSPS) is 10.8. The first-order valence-electron chi connectivity index (χ1n) is 11.8. The third-order valence-electron chi connectivity index (χ3n) is 5.32. The fraction of sp³-hybridized carbons (Fsp3) is 0.423. The first-order valence-corrected chi connectivity index (χ1v) is 12.2. The number of carbonyl (C=O) groups excluding carboxylic acids is 2. The molecule has 0 unspecified atom stereocenters. The zero-order chi connectivity index (χ0) is 24.9. The Morgan fingerprint density at radius 2 is 1.53 bits per heavy atom. The number of anilines is 1. The number of amides is 2. The van der Waals surface area contributed by atoms with Crippen molar-refractivity contribution < 1.29 is 14.3 Å². The van der Waals surface area contributed by atoms with Crippen molar-refractivity contribution in [2.45, 2.75) is 34.1 Å². The molecule has 0 aliphatic carbocycles. The Morgan fingerprint density at radius 1 is 0.941 bits per heavy atom. The van der Waals surface area contributed by atoms with Crippen LogP contribution in [0.3, 0.4) is 0 Å². The molecule has 0 bridgehead atoms. The minimum Gasteiger partial charge on any atom is -0.494 e. The number of hydrogen-bond acceptors (Lipinski definition) is 5. The third kappa shape index (κ3) is 9.49. The molecule has 0 spiro atoms. The van der Waals surface area contributed by atoms with Gasteiger partial charge in [-0.05, 0) is 86.2 Å². The molecule has 2 aromatic carbocycles. The second kappa shape index (κ2) is 14.3. The summed E-state index contributed by atoms with van der Waals surface area (Å²) < 4.78 is 5.68. The van der Waals surface area contributed by atoms with E-state index in [9.17, 15) is 9.59 Å². The molecule has 184 valence electrons. The molecule has 2 rings (SSSR count). The van der Waals surface area contributed by atoms with Gasteiger partial charge in [-0.25, -0.2) is 0 Å². The average molecular weight is 485 g/mol. The number of nitrogens with one attached hydrogen (secondary N) is 3. The maximum absolute atomic E-state index is 12.5. The standard InChI is InChI=1S/C26H36N4O3S/c1-5-30(6-2)17-16-27-24(31)20-7-11-22(12-8-20)28-26(34)29-25(32)21-9-13-23(14-10-21)33-18-15-19(3)4/h7-14,19H,5-6,15-18H2,1-4H3,(H,27,31)(H2,28,29,32,34). The molecule has 2 aromatic rings. The van der Waals surface area contributed by atoms with Crippen LogP contribution in [0, 0.1) is 5.92 Å². The van der Waals surface area contributed by atoms with Gasteiger partial charge in [-0.15, -0.1) is 0 Å². The molecule has 0 atom stereocenters. The molecule has 0 radical (unpaired) electrons. The molecular formula is C26H36N4O3S. The predicted molar refractivity (Wildman–Crippen MR) is 142 cm³/mol. The topological polar surface area (TPSA) is 82.7 Å². The first kappa shape index (κ1) is 27.3. The second-order valence-electron chi connectivity index (χ2n) is 8.32. The summed E-state index contributed by atoms with van der Waals surface area (Å²) in [6.45, 7) is 12.5. The van der Waals surface area contributed by atoms with Crippen LogP contribution in [-0.4, -0.2) is 54.6 Å². The molecule has 0 heterocycles. The van der Waals surface area contributed by atoms with Gasteiger partial charge in [0.1, 0.15) is 5.75 Å². The summed E-state index contributed by atoms with van der Waals surface area (Å²) in [6, 6.07) is 13.9. The van der Waals surface area contributed by atoms with E-state index in [-0.39, 0.29) is 16.9 Å². The minimum atomic E-state index is -0.310. The summed E-state index contributed by atoms with van der Waals surface area (Å²) >= 11 is 5.26. The van der Waals surface area contributed by atoms with Crippen molar-refractivity contribution in [3.63, 3.8) is 0 Å². The number of hydrogen-bond donors (Lipinski definition) is 3. The van der Waals surface area contributed by atoms with Crippen LogP contribution < -0.4 is 20.7 Å². The molecule has 0 saturated carbocycles. The highest BCUT2D eigenvalue weighted by Crippen LogP contribution is 2.14. The third-order valence-corrected chi connectivity index (χ3v) is 5.52. The molecule has 0 aliphatic heterocycles. The van der Waals surface area contributed by atoms with E-state index in [4.69, 9.17) is 17.0 Å². The highest BCUT2D eigenvalue weighted by Gasteiger charge is 2.10. The number of benzene rings is 2. The summed E-state index contributed by atoms with van der Waals surface area (Å²) in [5.41, 5.74) is 1.73. The van der Waals surface area contributed by atoms with Gasteiger partial charge in [0.15, 0.2) is 5.11 Å². The highest BCUT2D eigenvalue weighted by atomic mass is 32.1. The Kier molecular flexibility index (Phi) is 11.5. The van der Waals surface area contributed by atoms with Gasteiger partial charge < -0.3 is 20.3 Å². The number of ether oxygens (including phenoxy) is 1. The Hall–Kier alpha value is -2.97. The van der Waals surface area contributed by atoms with Crippen LogP contribution in [0.1, 0.15) is 54.8 Å². The van der Waals surface area contributed by atoms with Gasteiger partial charge in [-0.3, -0.25) is 14.9 Å². The van der Waals surface area contributed by atoms with E-state index in [1.165, 1.54) is 0 Å². The minimum absolute atomic E-state index is 0.119. The fourth-order valence-electron chi connectivity index (χ4n) is 3.13. The van der Waals surface area contributed by atoms with E-state index in [0.29, 0.717) is 35.9 Å². The van der Waals surface area contributed by atoms with E-state index < -0.39 is 0 Å². The Labute approximate surface area is 208 Å². The van der Waals surface area contributed by atoms with Crippen molar-refractivity contribution >= 4 is 34.8 Å². The lowest BCUT2D eigenvalue weighted by atomic mass is 10.1. The molecule has 0 aliphatic rings. The number of thiocarbonyl (C=S) groups is 1. The molecule has 0 fully saturated rings. The van der Waals surface area contributed by atoms with E-state index in [2.05, 4.69) is 48.5 Å². The van der Waals surface area contributed by atoms with E-state index in [0.717, 1.165) is 31.8 Å². The first-order chi connectivity index (χ1) is 16.3. The van der Waals surface area contributed by atoms with Crippen LogP contribution >= 0.6 is 12.2 Å². The summed E-state index contributed by atoms with van der Waals surface area (Å²) in [5, 5.41) is 8.74. The summed E-state index contributed by atoms with van der Waals surface area (Å²) in [7, 11) is 0. The molecule has 34 heavy (non-hydrogen) atoms. The number of rotatable bonds is 12. The Morgan fingerprint density at radius 3 is 2.12 bits per heavy atom. The van der Waals surface area contributed by atoms with Crippen LogP contribution in [0.15, 0.2) is 48.5 Å². The van der Waals surface area contributed by atoms with Crippen molar-refractivity contribution in [1.82, 2.24) is 15.5 Å². The van der Waals surface area contributed by atoms with Crippen LogP contribution in [0.4, 0.5) is 5.69 Å². The number of carbonyl (C=O) groups is 2. The lowest BCUT2D eigenvalue weighted by Gasteiger charge is -2.18. The molecule has 3 N–H and O–H groups in total. The lowest BCUT2D eigenvalue weighted by Crippen LogP contribution is -2.35. The second-order valence-corrected chi connectivity index (χ2v) is 8.73. The number of nitrogens with zero attached hydrogens (tertiary/aromatic N) is 1. The van der Waals surface area contributed by atoms with Crippen molar-refractivity contribution in [3.8, 4) is 5.75 Å². The van der Waals surface area contributed by atoms with Crippen molar-refractivity contribution in [3.05, 3.63) is 59.7 Å². The van der Waals surface area contributed by atoms with Crippen molar-refractivity contribution in [1.29, 1.82) is 0 Å². The monoisotopic (exact) mass is 484 g/mol. The van der Waals surface area contributed by atoms with Gasteiger partial charge in [0.2, 0.25) is 0 Å². The van der Waals surface area contributed by atoms with Crippen LogP contribution in [0.5, 0.6) is 5.75 Å². The largest absolute Gasteiger partial charge is 0.494 e. The average Bonchev–Trinajstić information content (AvgIpc) is 2.82. The van der Waals surface area contributed by atoms with E-state index >= 15 is 0 Å². The maximum atomic E-state index is 12.5. The van der Waals surface area contributed by atoms with Crippen LogP contribution in [-0.2, 0) is 0 Å². The van der Waals surface area contributed by atoms with E-state index in [1.54, 1.807) is 48.5 Å². The molecule has 8 heteroatoms. The molecule has 2 amide bonds. The zero-order valence-electron chi connectivity index (χ0n) is 20.5. The Balaban J connectivity index is 1.79. The quantitative estimate of drug-likeness (QED) is 0.390. The van der Waals surface area contributed by atoms with Gasteiger partial charge in [-0.1, -0.05) is 27.7 Å². The summed E-state index contributed by atoms with van der Waals surface area (Å²) in [5.74, 6) is 0.881. The summed E-state index contributed by atoms with van der Waals surface area (Å²) in [6.07, 6.45) is 0.977. The number of likely N-dealkylation sites (N-methyl/N-ethyl adjacent to an activating group) is 1. The van der Waals surface area contributed by atoms with Gasteiger partial charge >= 0.3 is 0 Å². The zero-order valence-corrected chi connectivity index (χ0v) is 21.3. The molecule has 7 nitrogen and oxygen atoms in total. The molecule has 0 aromatic heterocycles. The van der Waals surface area contributed by atoms with Gasteiger partial charge in [0.25, 0.3) is 11.8 Å². The lowest BCUT2D eigenvalue weighted by molar-refractivity contribution is 0.0947. The Bertz CT molecular complexity index is 926. The van der Waals surface area contributed by atoms with Gasteiger partial charge in [0.05, 0.1) is 6.61 Å². The summed E-state index contributed by atoms with van der Waals surface area (Å²) in [4.78, 5) is 27.0. The van der Waals surface area contributed by atoms with Crippen LogP contribution in [0.25, 0.3) is 0 Å². The van der Waals surface area contributed by atoms with Gasteiger partial charge in [-0.2, -0.15) is 0 Å². The molecular weight excluding hydrogens is 448 g/mol. The van der Waals surface area contributed by atoms with Crippen molar-refractivity contribution in [2.75, 3.05) is 38.1 Å². The fourth-order valence-corrected chi connectivity index (χ4v) is 3.34. The smallest absolute Gasteiger partial charge is 0.257 e.